The topological polar surface area (TPSA) is 0 Å². The van der Waals surface area contributed by atoms with Crippen LogP contribution in [0.25, 0.3) is 5.57 Å². The molecular formula is C16H14S. The van der Waals surface area contributed by atoms with E-state index in [1.807, 2.05) is 6.07 Å². The number of fused-ring (bicyclic) bond motifs is 1. The minimum absolute atomic E-state index is 1.11. The lowest BCUT2D eigenvalue weighted by Crippen LogP contribution is -1.85. The van der Waals surface area contributed by atoms with Crippen LogP contribution in [0.4, 0.5) is 0 Å². The van der Waals surface area contributed by atoms with E-state index in [9.17, 15) is 0 Å². The third-order valence-corrected chi connectivity index (χ3v) is 3.83. The zero-order valence-corrected chi connectivity index (χ0v) is 10.9. The van der Waals surface area contributed by atoms with Crippen LogP contribution < -0.4 is 0 Å². The van der Waals surface area contributed by atoms with Crippen molar-refractivity contribution in [3.63, 3.8) is 0 Å². The van der Waals surface area contributed by atoms with Crippen molar-refractivity contribution in [1.82, 2.24) is 0 Å². The Labute approximate surface area is 107 Å². The number of allylic oxidation sites excluding steroid dienone is 7. The van der Waals surface area contributed by atoms with Crippen molar-refractivity contribution in [1.29, 1.82) is 0 Å². The molecule has 0 N–H and O–H groups in total. The second-order valence-corrected chi connectivity index (χ2v) is 5.02. The average Bonchev–Trinajstić information content (AvgIpc) is 2.81. The third-order valence-electron chi connectivity index (χ3n) is 3.37. The lowest BCUT2D eigenvalue weighted by Gasteiger charge is -2.06. The van der Waals surface area contributed by atoms with Crippen LogP contribution in [-0.2, 0) is 0 Å². The first-order valence-corrected chi connectivity index (χ1v) is 6.24. The molecule has 0 fully saturated rings. The monoisotopic (exact) mass is 238 g/mol. The average molecular weight is 238 g/mol. The summed E-state index contributed by atoms with van der Waals surface area (Å²) >= 11 is 4.71. The molecule has 0 unspecified atom stereocenters. The van der Waals surface area contributed by atoms with Crippen molar-refractivity contribution in [2.45, 2.75) is 13.8 Å². The molecule has 1 heteroatoms. The molecule has 0 saturated carbocycles. The molecule has 2 aliphatic carbocycles. The van der Waals surface area contributed by atoms with E-state index in [2.05, 4.69) is 50.3 Å². The van der Waals surface area contributed by atoms with E-state index < -0.39 is 0 Å². The molecule has 0 aliphatic heterocycles. The van der Waals surface area contributed by atoms with Crippen molar-refractivity contribution < 1.29 is 0 Å². The summed E-state index contributed by atoms with van der Waals surface area (Å²) in [6, 6.07) is 10.5. The molecule has 1 aromatic rings. The molecule has 2 aliphatic rings. The minimum Gasteiger partial charge on any atom is -0.142 e. The van der Waals surface area contributed by atoms with Crippen molar-refractivity contribution in [2.24, 2.45) is 0 Å². The highest BCUT2D eigenvalue weighted by Gasteiger charge is 2.26. The Hall–Kier alpha value is -1.47. The maximum Gasteiger partial charge on any atom is 0.0200 e. The largest absolute Gasteiger partial charge is 0.142 e. The molecule has 0 heterocycles. The van der Waals surface area contributed by atoms with Crippen LogP contribution >= 0.6 is 12.6 Å². The van der Waals surface area contributed by atoms with Gasteiger partial charge in [-0.05, 0) is 47.3 Å². The molecule has 0 saturated heterocycles. The highest BCUT2D eigenvalue weighted by Crippen LogP contribution is 2.47. The fourth-order valence-corrected chi connectivity index (χ4v) is 3.05. The van der Waals surface area contributed by atoms with Crippen LogP contribution in [0, 0.1) is 0 Å². The fourth-order valence-electron chi connectivity index (χ4n) is 2.56. The van der Waals surface area contributed by atoms with Crippen LogP contribution in [0.1, 0.15) is 19.4 Å². The molecule has 0 atom stereocenters. The molecular weight excluding hydrogens is 224 g/mol. The SMILES string of the molecule is CC1=CC2=C(C)C(c3ccccc3)=C(S)C2=C1. The first kappa shape index (κ1) is 10.7. The van der Waals surface area contributed by atoms with Crippen LogP contribution in [-0.4, -0.2) is 0 Å². The van der Waals surface area contributed by atoms with Gasteiger partial charge in [-0.15, -0.1) is 12.6 Å². The summed E-state index contributed by atoms with van der Waals surface area (Å²) in [6.07, 6.45) is 4.47. The first-order chi connectivity index (χ1) is 8.18. The first-order valence-electron chi connectivity index (χ1n) is 5.79. The van der Waals surface area contributed by atoms with E-state index in [1.54, 1.807) is 0 Å². The van der Waals surface area contributed by atoms with Crippen molar-refractivity contribution >= 4 is 18.2 Å². The Kier molecular flexibility index (Phi) is 2.37. The molecule has 3 rings (SSSR count). The minimum atomic E-state index is 1.11. The summed E-state index contributed by atoms with van der Waals surface area (Å²) in [5, 5.41) is 0. The summed E-state index contributed by atoms with van der Waals surface area (Å²) < 4.78 is 0. The van der Waals surface area contributed by atoms with Gasteiger partial charge in [0, 0.05) is 4.91 Å². The van der Waals surface area contributed by atoms with Crippen molar-refractivity contribution in [3.05, 3.63) is 75.2 Å². The van der Waals surface area contributed by atoms with Gasteiger partial charge in [0.05, 0.1) is 0 Å². The van der Waals surface area contributed by atoms with Gasteiger partial charge in [-0.2, -0.15) is 0 Å². The second kappa shape index (κ2) is 3.78. The zero-order chi connectivity index (χ0) is 12.0. The maximum absolute atomic E-state index is 4.71. The zero-order valence-electron chi connectivity index (χ0n) is 9.99. The number of hydrogen-bond donors (Lipinski definition) is 1. The van der Waals surface area contributed by atoms with Gasteiger partial charge in [0.1, 0.15) is 0 Å². The quantitative estimate of drug-likeness (QED) is 0.682. The predicted molar refractivity (Wildman–Crippen MR) is 76.9 cm³/mol. The van der Waals surface area contributed by atoms with E-state index in [-0.39, 0.29) is 0 Å². The standard InChI is InChI=1S/C16H14S/c1-10-8-13-11(2)15(16(17)14(13)9-10)12-6-4-3-5-7-12/h3-9,17H,1-2H3. The smallest absolute Gasteiger partial charge is 0.0200 e. The van der Waals surface area contributed by atoms with Gasteiger partial charge in [0.2, 0.25) is 0 Å². The Morgan fingerprint density at radius 2 is 1.65 bits per heavy atom. The summed E-state index contributed by atoms with van der Waals surface area (Å²) in [6.45, 7) is 4.32. The number of rotatable bonds is 1. The van der Waals surface area contributed by atoms with Crippen molar-refractivity contribution in [3.8, 4) is 0 Å². The third kappa shape index (κ3) is 1.54. The Balaban J connectivity index is 2.19. The Bertz CT molecular complexity index is 610. The van der Waals surface area contributed by atoms with Crippen molar-refractivity contribution in [2.75, 3.05) is 0 Å². The van der Waals surface area contributed by atoms with Crippen LogP contribution in [0.5, 0.6) is 0 Å². The summed E-state index contributed by atoms with van der Waals surface area (Å²) in [7, 11) is 0. The van der Waals surface area contributed by atoms with Crippen LogP contribution in [0.2, 0.25) is 0 Å². The maximum atomic E-state index is 4.71. The highest BCUT2D eigenvalue weighted by molar-refractivity contribution is 7.85. The molecule has 0 amide bonds. The van der Waals surface area contributed by atoms with E-state index >= 15 is 0 Å². The molecule has 0 aromatic heterocycles. The Morgan fingerprint density at radius 3 is 2.29 bits per heavy atom. The van der Waals surface area contributed by atoms with Gasteiger partial charge in [-0.25, -0.2) is 0 Å². The van der Waals surface area contributed by atoms with E-state index in [0.717, 1.165) is 4.91 Å². The van der Waals surface area contributed by atoms with E-state index in [0.29, 0.717) is 0 Å². The molecule has 0 bridgehead atoms. The summed E-state index contributed by atoms with van der Waals surface area (Å²) in [5.41, 5.74) is 7.80. The van der Waals surface area contributed by atoms with E-state index in [4.69, 9.17) is 12.6 Å². The summed E-state index contributed by atoms with van der Waals surface area (Å²) in [5.74, 6) is 0. The second-order valence-electron chi connectivity index (χ2n) is 4.57. The fraction of sp³-hybridized carbons (Fsp3) is 0.125. The molecule has 1 aromatic carbocycles. The van der Waals surface area contributed by atoms with Gasteiger partial charge >= 0.3 is 0 Å². The van der Waals surface area contributed by atoms with Gasteiger partial charge in [-0.3, -0.25) is 0 Å². The molecule has 84 valence electrons. The van der Waals surface area contributed by atoms with E-state index in [1.165, 1.54) is 33.4 Å². The molecule has 17 heavy (non-hydrogen) atoms. The van der Waals surface area contributed by atoms with Gasteiger partial charge in [0.25, 0.3) is 0 Å². The van der Waals surface area contributed by atoms with Gasteiger partial charge in [-0.1, -0.05) is 42.5 Å². The molecule has 0 radical (unpaired) electrons. The predicted octanol–water partition coefficient (Wildman–Crippen LogP) is 4.54. The molecule has 0 nitrogen and oxygen atoms in total. The number of thiol groups is 1. The van der Waals surface area contributed by atoms with Gasteiger partial charge in [0.15, 0.2) is 0 Å². The molecule has 0 spiro atoms. The highest BCUT2D eigenvalue weighted by atomic mass is 32.1. The summed E-state index contributed by atoms with van der Waals surface area (Å²) in [4.78, 5) is 1.11. The van der Waals surface area contributed by atoms with Crippen LogP contribution in [0.3, 0.4) is 0 Å². The Morgan fingerprint density at radius 1 is 0.941 bits per heavy atom. The van der Waals surface area contributed by atoms with Gasteiger partial charge < -0.3 is 0 Å². The van der Waals surface area contributed by atoms with Crippen LogP contribution in [0.15, 0.2) is 69.7 Å². The lowest BCUT2D eigenvalue weighted by molar-refractivity contribution is 1.47. The number of benzene rings is 1. The lowest BCUT2D eigenvalue weighted by atomic mass is 10.0. The normalized spacial score (nSPS) is 18.5. The number of hydrogen-bond acceptors (Lipinski definition) is 1.